The van der Waals surface area contributed by atoms with Crippen molar-refractivity contribution in [2.45, 2.75) is 103 Å². The summed E-state index contributed by atoms with van der Waals surface area (Å²) in [6.07, 6.45) is 3.89. The third-order valence-corrected chi connectivity index (χ3v) is 10.0. The number of benzene rings is 2. The molecule has 2 heterocycles. The molecule has 2 saturated heterocycles. The smallest absolute Gasteiger partial charge is 0.324 e. The van der Waals surface area contributed by atoms with Crippen LogP contribution >= 0.6 is 11.6 Å². The van der Waals surface area contributed by atoms with Gasteiger partial charge in [-0.1, -0.05) is 29.8 Å². The summed E-state index contributed by atoms with van der Waals surface area (Å²) in [5, 5.41) is -0.531. The molecule has 3 aliphatic rings. The normalized spacial score (nSPS) is 23.7. The fraction of sp³-hybridized carbons (Fsp3) is 0.611. The van der Waals surface area contributed by atoms with Crippen LogP contribution in [0.15, 0.2) is 30.3 Å². The third kappa shape index (κ3) is 7.55. The monoisotopic (exact) mass is 643 g/mol. The largest absolute Gasteiger partial charge is 0.459 e. The van der Waals surface area contributed by atoms with Crippen LogP contribution in [0.3, 0.4) is 0 Å². The Morgan fingerprint density at radius 3 is 2.24 bits per heavy atom. The van der Waals surface area contributed by atoms with Crippen LogP contribution in [0.25, 0.3) is 0 Å². The van der Waals surface area contributed by atoms with E-state index in [-0.39, 0.29) is 29.4 Å². The molecular formula is C36H48ClF2N3O3. The molecule has 0 bridgehead atoms. The Kier molecular flexibility index (Phi) is 9.71. The number of amides is 1. The number of rotatable bonds is 6. The van der Waals surface area contributed by atoms with Gasteiger partial charge in [0.05, 0.1) is 5.92 Å². The van der Waals surface area contributed by atoms with Crippen LogP contribution in [0.5, 0.6) is 0 Å². The second-order valence-corrected chi connectivity index (χ2v) is 15.6. The van der Waals surface area contributed by atoms with Gasteiger partial charge in [-0.05, 0) is 109 Å². The Hall–Kier alpha value is -2.55. The molecule has 1 amide bonds. The first-order chi connectivity index (χ1) is 21.0. The molecule has 9 heteroatoms. The summed E-state index contributed by atoms with van der Waals surface area (Å²) in [6, 6.07) is 8.47. The predicted octanol–water partition coefficient (Wildman–Crippen LogP) is 6.41. The van der Waals surface area contributed by atoms with Crippen molar-refractivity contribution in [3.05, 3.63) is 69.2 Å². The molecule has 6 nitrogen and oxygen atoms in total. The van der Waals surface area contributed by atoms with E-state index in [1.807, 2.05) is 32.6 Å². The Bertz CT molecular complexity index is 1410. The fourth-order valence-corrected chi connectivity index (χ4v) is 7.35. The van der Waals surface area contributed by atoms with Gasteiger partial charge in [-0.2, -0.15) is 0 Å². The fourth-order valence-electron chi connectivity index (χ4n) is 7.24. The van der Waals surface area contributed by atoms with E-state index in [4.69, 9.17) is 16.3 Å². The van der Waals surface area contributed by atoms with Gasteiger partial charge in [0.2, 0.25) is 5.91 Å². The highest BCUT2D eigenvalue weighted by atomic mass is 35.5. The average molecular weight is 644 g/mol. The predicted molar refractivity (Wildman–Crippen MR) is 173 cm³/mol. The van der Waals surface area contributed by atoms with Crippen molar-refractivity contribution in [2.24, 2.45) is 5.92 Å². The molecule has 2 aromatic carbocycles. The molecule has 2 aromatic rings. The minimum absolute atomic E-state index is 0.0258. The molecule has 5 rings (SSSR count). The Morgan fingerprint density at radius 2 is 1.62 bits per heavy atom. The maximum atomic E-state index is 14.6. The summed E-state index contributed by atoms with van der Waals surface area (Å²) in [6.45, 7) is 16.4. The Labute approximate surface area is 272 Å². The van der Waals surface area contributed by atoms with Crippen LogP contribution in [0.4, 0.5) is 8.78 Å². The van der Waals surface area contributed by atoms with Crippen LogP contribution in [-0.4, -0.2) is 82.5 Å². The highest BCUT2D eigenvalue weighted by Gasteiger charge is 2.46. The lowest BCUT2D eigenvalue weighted by Gasteiger charge is -2.44. The number of halogens is 3. The molecule has 45 heavy (non-hydrogen) atoms. The van der Waals surface area contributed by atoms with Crippen molar-refractivity contribution in [3.8, 4) is 0 Å². The number of carbonyl (C=O) groups excluding carboxylic acids is 2. The highest BCUT2D eigenvalue weighted by molar-refractivity contribution is 6.30. The summed E-state index contributed by atoms with van der Waals surface area (Å²) in [5.41, 5.74) is 3.50. The quantitative estimate of drug-likeness (QED) is 0.269. The van der Waals surface area contributed by atoms with E-state index < -0.39 is 34.2 Å². The van der Waals surface area contributed by atoms with Crippen LogP contribution < -0.4 is 0 Å². The molecule has 4 atom stereocenters. The second kappa shape index (κ2) is 12.9. The number of esters is 1. The van der Waals surface area contributed by atoms with Gasteiger partial charge in [-0.25, -0.2) is 8.78 Å². The molecule has 0 aromatic heterocycles. The van der Waals surface area contributed by atoms with E-state index in [2.05, 4.69) is 48.8 Å². The molecular weight excluding hydrogens is 596 g/mol. The average Bonchev–Trinajstić information content (AvgIpc) is 3.60. The number of carbonyl (C=O) groups is 2. The molecule has 0 N–H and O–H groups in total. The highest BCUT2D eigenvalue weighted by Crippen LogP contribution is 2.39. The number of ether oxygens (including phenoxy) is 1. The molecule has 2 unspecified atom stereocenters. The van der Waals surface area contributed by atoms with Crippen molar-refractivity contribution in [1.29, 1.82) is 0 Å². The van der Waals surface area contributed by atoms with Crippen LogP contribution in [0.1, 0.15) is 83.1 Å². The number of nitrogens with zero attached hydrogens (tertiary/aromatic N) is 3. The topological polar surface area (TPSA) is 53.1 Å². The van der Waals surface area contributed by atoms with Crippen molar-refractivity contribution in [1.82, 2.24) is 14.7 Å². The second-order valence-electron chi connectivity index (χ2n) is 15.2. The summed E-state index contributed by atoms with van der Waals surface area (Å²) in [7, 11) is 0. The van der Waals surface area contributed by atoms with Crippen LogP contribution in [-0.2, 0) is 33.6 Å². The summed E-state index contributed by atoms with van der Waals surface area (Å²) in [5.74, 6) is -2.75. The zero-order valence-corrected chi connectivity index (χ0v) is 28.5. The third-order valence-electron chi connectivity index (χ3n) is 9.67. The van der Waals surface area contributed by atoms with Crippen molar-refractivity contribution >= 4 is 23.5 Å². The van der Waals surface area contributed by atoms with Gasteiger partial charge in [0.25, 0.3) is 0 Å². The van der Waals surface area contributed by atoms with Crippen molar-refractivity contribution < 1.29 is 23.1 Å². The van der Waals surface area contributed by atoms with E-state index in [0.29, 0.717) is 44.7 Å². The first-order valence-corrected chi connectivity index (χ1v) is 16.7. The number of hydrogen-bond acceptors (Lipinski definition) is 5. The lowest BCUT2D eigenvalue weighted by atomic mass is 9.87. The Morgan fingerprint density at radius 1 is 0.956 bits per heavy atom. The van der Waals surface area contributed by atoms with E-state index in [1.165, 1.54) is 29.7 Å². The number of hydrogen-bond donors (Lipinski definition) is 0. The van der Waals surface area contributed by atoms with Gasteiger partial charge in [0.1, 0.15) is 28.3 Å². The number of likely N-dealkylation sites (tertiary alicyclic amines) is 1. The van der Waals surface area contributed by atoms with Crippen LogP contribution in [0.2, 0.25) is 5.02 Å². The van der Waals surface area contributed by atoms with Gasteiger partial charge in [0.15, 0.2) is 0 Å². The van der Waals surface area contributed by atoms with Gasteiger partial charge in [-0.3, -0.25) is 19.4 Å². The number of fused-ring (bicyclic) bond motifs is 1. The minimum atomic E-state index is -0.814. The Balaban J connectivity index is 1.35. The van der Waals surface area contributed by atoms with Crippen molar-refractivity contribution in [3.63, 3.8) is 0 Å². The maximum absolute atomic E-state index is 14.6. The minimum Gasteiger partial charge on any atom is -0.459 e. The molecule has 0 radical (unpaired) electrons. The standard InChI is InChI=1S/C36H48ClF2N3O3/c1-22-19-40(31(34(44)45-36(5,6)7)16-23-11-12-24-9-8-10-25(24)15-23)13-14-42(22)33(43)28-21-41(35(2,3)4)20-27(28)26-17-29(38)32(37)30(39)18-26/h11-12,15,17-18,22,27-28,31H,8-10,13-14,16,19-21H2,1-7H3/t22-,27?,28?,31-/m0/s1. The summed E-state index contributed by atoms with van der Waals surface area (Å²) < 4.78 is 35.0. The van der Waals surface area contributed by atoms with Gasteiger partial charge < -0.3 is 9.64 Å². The zero-order valence-electron chi connectivity index (χ0n) is 27.8. The number of aryl methyl sites for hydroxylation is 2. The van der Waals surface area contributed by atoms with Crippen molar-refractivity contribution in [2.75, 3.05) is 32.7 Å². The summed E-state index contributed by atoms with van der Waals surface area (Å²) >= 11 is 5.80. The van der Waals surface area contributed by atoms with E-state index in [9.17, 15) is 18.4 Å². The SMILES string of the molecule is C[C@H]1CN([C@@H](Cc2ccc3c(c2)CCC3)C(=O)OC(C)(C)C)CCN1C(=O)C1CN(C(C)(C)C)CC1c1cc(F)c(Cl)c(F)c1. The van der Waals surface area contributed by atoms with E-state index in [1.54, 1.807) is 0 Å². The molecule has 2 aliphatic heterocycles. The van der Waals surface area contributed by atoms with E-state index in [0.717, 1.165) is 18.4 Å². The van der Waals surface area contributed by atoms with Gasteiger partial charge in [-0.15, -0.1) is 0 Å². The lowest BCUT2D eigenvalue weighted by molar-refractivity contribution is -0.163. The first kappa shape index (κ1) is 33.8. The maximum Gasteiger partial charge on any atom is 0.324 e. The molecule has 246 valence electrons. The zero-order chi connectivity index (χ0) is 32.8. The van der Waals surface area contributed by atoms with Gasteiger partial charge >= 0.3 is 5.97 Å². The number of piperazine rings is 1. The molecule has 1 aliphatic carbocycles. The molecule has 0 spiro atoms. The van der Waals surface area contributed by atoms with Crippen LogP contribution in [0, 0.1) is 17.6 Å². The lowest BCUT2D eigenvalue weighted by Crippen LogP contribution is -2.60. The molecule has 0 saturated carbocycles. The summed E-state index contributed by atoms with van der Waals surface area (Å²) in [4.78, 5) is 34.2. The first-order valence-electron chi connectivity index (χ1n) is 16.3. The van der Waals surface area contributed by atoms with Gasteiger partial charge in [0, 0.05) is 50.2 Å². The van der Waals surface area contributed by atoms with E-state index >= 15 is 0 Å². The molecule has 2 fully saturated rings.